The molecule has 3 aromatic rings. The lowest BCUT2D eigenvalue weighted by molar-refractivity contribution is 0.312. The first kappa shape index (κ1) is 17.4. The van der Waals surface area contributed by atoms with Crippen LogP contribution in [0, 0.1) is 12.7 Å². The summed E-state index contributed by atoms with van der Waals surface area (Å²) in [4.78, 5) is 13.8. The Hall–Kier alpha value is -3.00. The number of piperazine rings is 1. The Morgan fingerprint density at radius 3 is 2.56 bits per heavy atom. The number of rotatable bonds is 4. The van der Waals surface area contributed by atoms with Crippen molar-refractivity contribution in [1.82, 2.24) is 25.1 Å². The van der Waals surface area contributed by atoms with Crippen LogP contribution in [0.15, 0.2) is 36.4 Å². The number of likely N-dealkylation sites (N-methyl/N-ethyl adjacent to an activating group) is 1. The summed E-state index contributed by atoms with van der Waals surface area (Å²) in [5.74, 6) is 2.32. The van der Waals surface area contributed by atoms with Gasteiger partial charge in [-0.05, 0) is 26.1 Å². The topological polar surface area (TPSA) is 73.0 Å². The summed E-state index contributed by atoms with van der Waals surface area (Å²) in [7, 11) is 2.11. The van der Waals surface area contributed by atoms with Crippen LogP contribution in [0.4, 0.5) is 21.8 Å². The molecule has 0 amide bonds. The zero-order valence-corrected chi connectivity index (χ0v) is 15.4. The van der Waals surface area contributed by atoms with Crippen molar-refractivity contribution in [1.29, 1.82) is 0 Å². The Morgan fingerprint density at radius 1 is 1.04 bits per heavy atom. The van der Waals surface area contributed by atoms with Gasteiger partial charge in [-0.1, -0.05) is 12.1 Å². The van der Waals surface area contributed by atoms with E-state index in [1.807, 2.05) is 25.1 Å². The van der Waals surface area contributed by atoms with Gasteiger partial charge in [-0.2, -0.15) is 5.10 Å². The highest BCUT2D eigenvalue weighted by atomic mass is 19.1. The van der Waals surface area contributed by atoms with Gasteiger partial charge >= 0.3 is 0 Å². The smallest absolute Gasteiger partial charge is 0.163 e. The first-order valence-corrected chi connectivity index (χ1v) is 8.94. The average molecular weight is 367 g/mol. The van der Waals surface area contributed by atoms with Gasteiger partial charge in [0.25, 0.3) is 0 Å². The van der Waals surface area contributed by atoms with Crippen molar-refractivity contribution >= 4 is 17.5 Å². The van der Waals surface area contributed by atoms with Crippen LogP contribution >= 0.6 is 0 Å². The van der Waals surface area contributed by atoms with Crippen LogP contribution in [0.3, 0.4) is 0 Å². The van der Waals surface area contributed by atoms with Gasteiger partial charge in [-0.3, -0.25) is 5.10 Å². The second-order valence-electron chi connectivity index (χ2n) is 6.80. The molecular weight excluding hydrogens is 345 g/mol. The highest BCUT2D eigenvalue weighted by Gasteiger charge is 2.18. The summed E-state index contributed by atoms with van der Waals surface area (Å²) in [6.07, 6.45) is 0. The third-order valence-electron chi connectivity index (χ3n) is 4.58. The van der Waals surface area contributed by atoms with Crippen LogP contribution < -0.4 is 10.2 Å². The zero-order chi connectivity index (χ0) is 18.8. The van der Waals surface area contributed by atoms with Gasteiger partial charge in [-0.15, -0.1) is 0 Å². The number of nitrogens with zero attached hydrogens (tertiary/aromatic N) is 5. The predicted octanol–water partition coefficient (Wildman–Crippen LogP) is 2.81. The van der Waals surface area contributed by atoms with Crippen molar-refractivity contribution in [3.05, 3.63) is 47.9 Å². The van der Waals surface area contributed by atoms with Gasteiger partial charge in [0.05, 0.1) is 0 Å². The molecule has 8 heteroatoms. The molecule has 0 atom stereocenters. The van der Waals surface area contributed by atoms with E-state index in [1.165, 1.54) is 12.1 Å². The van der Waals surface area contributed by atoms with E-state index in [0.29, 0.717) is 23.0 Å². The highest BCUT2D eigenvalue weighted by Crippen LogP contribution is 2.25. The minimum atomic E-state index is -0.307. The number of aromatic amines is 1. The summed E-state index contributed by atoms with van der Waals surface area (Å²) >= 11 is 0. The molecule has 0 bridgehead atoms. The number of nitrogens with one attached hydrogen (secondary N) is 2. The summed E-state index contributed by atoms with van der Waals surface area (Å²) in [5.41, 5.74) is 1.60. The molecule has 1 aliphatic rings. The molecule has 0 spiro atoms. The molecule has 0 unspecified atom stereocenters. The van der Waals surface area contributed by atoms with Gasteiger partial charge in [-0.25, -0.2) is 14.4 Å². The average Bonchev–Trinajstić information content (AvgIpc) is 3.07. The quantitative estimate of drug-likeness (QED) is 0.739. The predicted molar refractivity (Wildman–Crippen MR) is 104 cm³/mol. The minimum absolute atomic E-state index is 0.307. The Balaban J connectivity index is 1.71. The summed E-state index contributed by atoms with van der Waals surface area (Å²) < 4.78 is 13.7. The maximum absolute atomic E-state index is 13.7. The van der Waals surface area contributed by atoms with E-state index >= 15 is 0 Å². The summed E-state index contributed by atoms with van der Waals surface area (Å²) in [5, 5.41) is 10.3. The molecule has 4 rings (SSSR count). The molecule has 1 saturated heterocycles. The van der Waals surface area contributed by atoms with E-state index in [0.717, 1.165) is 37.7 Å². The second kappa shape index (κ2) is 7.32. The molecule has 140 valence electrons. The maximum Gasteiger partial charge on any atom is 0.163 e. The Morgan fingerprint density at radius 2 is 1.85 bits per heavy atom. The van der Waals surface area contributed by atoms with Crippen molar-refractivity contribution in [3.63, 3.8) is 0 Å². The lowest BCUT2D eigenvalue weighted by atomic mass is 10.2. The lowest BCUT2D eigenvalue weighted by Gasteiger charge is -2.33. The van der Waals surface area contributed by atoms with Gasteiger partial charge in [0, 0.05) is 49.6 Å². The summed E-state index contributed by atoms with van der Waals surface area (Å²) in [6, 6.07) is 10.2. The second-order valence-corrected chi connectivity index (χ2v) is 6.80. The van der Waals surface area contributed by atoms with E-state index in [9.17, 15) is 4.39 Å². The van der Waals surface area contributed by atoms with Crippen LogP contribution in [0.2, 0.25) is 0 Å². The first-order valence-electron chi connectivity index (χ1n) is 8.94. The van der Waals surface area contributed by atoms with Crippen molar-refractivity contribution < 1.29 is 4.39 Å². The van der Waals surface area contributed by atoms with Gasteiger partial charge < -0.3 is 15.1 Å². The maximum atomic E-state index is 13.7. The molecule has 27 heavy (non-hydrogen) atoms. The summed E-state index contributed by atoms with van der Waals surface area (Å²) in [6.45, 7) is 5.65. The molecule has 0 saturated carbocycles. The van der Waals surface area contributed by atoms with Crippen LogP contribution in [0.1, 0.15) is 5.69 Å². The fraction of sp³-hybridized carbons (Fsp3) is 0.316. The van der Waals surface area contributed by atoms with Crippen LogP contribution in [0.5, 0.6) is 0 Å². The molecule has 1 aromatic carbocycles. The number of hydrogen-bond donors (Lipinski definition) is 2. The largest absolute Gasteiger partial charge is 0.354 e. The molecule has 2 N–H and O–H groups in total. The first-order chi connectivity index (χ1) is 13.1. The van der Waals surface area contributed by atoms with Gasteiger partial charge in [0.2, 0.25) is 0 Å². The van der Waals surface area contributed by atoms with Crippen molar-refractivity contribution in [2.75, 3.05) is 43.4 Å². The molecule has 7 nitrogen and oxygen atoms in total. The Kier molecular flexibility index (Phi) is 4.72. The van der Waals surface area contributed by atoms with E-state index in [1.54, 1.807) is 6.07 Å². The van der Waals surface area contributed by atoms with Gasteiger partial charge in [0.1, 0.15) is 17.5 Å². The number of hydrogen-bond acceptors (Lipinski definition) is 6. The van der Waals surface area contributed by atoms with Crippen LogP contribution in [0.25, 0.3) is 11.4 Å². The molecular formula is C19H22FN7. The number of aryl methyl sites for hydroxylation is 1. The van der Waals surface area contributed by atoms with Crippen LogP contribution in [-0.4, -0.2) is 58.3 Å². The van der Waals surface area contributed by atoms with E-state index in [-0.39, 0.29) is 5.82 Å². The fourth-order valence-electron chi connectivity index (χ4n) is 3.07. The fourth-order valence-corrected chi connectivity index (χ4v) is 3.07. The SMILES string of the molecule is Cc1cc(Nc2cc(N3CCN(C)CC3)nc(-c3cccc(F)c3)n2)n[nH]1. The number of H-pyrrole nitrogens is 1. The Bertz CT molecular complexity index is 931. The van der Waals surface area contributed by atoms with Crippen LogP contribution in [-0.2, 0) is 0 Å². The zero-order valence-electron chi connectivity index (χ0n) is 15.4. The molecule has 0 radical (unpaired) electrons. The molecule has 2 aromatic heterocycles. The third kappa shape index (κ3) is 4.06. The molecule has 3 heterocycles. The standard InChI is InChI=1S/C19H22FN7/c1-13-10-17(25-24-13)21-16-12-18(27-8-6-26(2)7-9-27)23-19(22-16)14-4-3-5-15(20)11-14/h3-5,10-12H,6-9H2,1-2H3,(H2,21,22,23,24,25). The number of aromatic nitrogens is 4. The van der Waals surface area contributed by atoms with E-state index in [2.05, 4.69) is 37.3 Å². The van der Waals surface area contributed by atoms with Crippen molar-refractivity contribution in [2.24, 2.45) is 0 Å². The monoisotopic (exact) mass is 367 g/mol. The third-order valence-corrected chi connectivity index (χ3v) is 4.58. The minimum Gasteiger partial charge on any atom is -0.354 e. The van der Waals surface area contributed by atoms with E-state index < -0.39 is 0 Å². The molecule has 1 aliphatic heterocycles. The highest BCUT2D eigenvalue weighted by molar-refractivity contribution is 5.64. The van der Waals surface area contributed by atoms with Crippen molar-refractivity contribution in [2.45, 2.75) is 6.92 Å². The number of halogens is 1. The van der Waals surface area contributed by atoms with Gasteiger partial charge in [0.15, 0.2) is 11.6 Å². The van der Waals surface area contributed by atoms with E-state index in [4.69, 9.17) is 4.98 Å². The Labute approximate surface area is 157 Å². The molecule has 0 aliphatic carbocycles. The number of anilines is 3. The normalized spacial score (nSPS) is 15.1. The molecule has 1 fully saturated rings. The van der Waals surface area contributed by atoms with Crippen molar-refractivity contribution in [3.8, 4) is 11.4 Å². The number of benzene rings is 1. The lowest BCUT2D eigenvalue weighted by Crippen LogP contribution is -2.44.